The molecule has 1 aromatic heterocycles. The van der Waals surface area contributed by atoms with Crippen LogP contribution in [0.1, 0.15) is 0 Å². The lowest BCUT2D eigenvalue weighted by Crippen LogP contribution is -2.02. The molecular formula is C13H7Cl2F2N3. The van der Waals surface area contributed by atoms with Gasteiger partial charge in [-0.1, -0.05) is 23.2 Å². The van der Waals surface area contributed by atoms with Gasteiger partial charge in [-0.2, -0.15) is 0 Å². The first-order chi connectivity index (χ1) is 9.49. The summed E-state index contributed by atoms with van der Waals surface area (Å²) in [6.45, 7) is 0. The van der Waals surface area contributed by atoms with E-state index in [1.807, 2.05) is 0 Å². The van der Waals surface area contributed by atoms with Gasteiger partial charge in [-0.3, -0.25) is 4.57 Å². The normalized spacial score (nSPS) is 11.2. The molecule has 0 bridgehead atoms. The van der Waals surface area contributed by atoms with Gasteiger partial charge in [-0.15, -0.1) is 0 Å². The number of rotatable bonds is 1. The van der Waals surface area contributed by atoms with E-state index in [1.54, 1.807) is 12.1 Å². The summed E-state index contributed by atoms with van der Waals surface area (Å²) >= 11 is 11.8. The average molecular weight is 314 g/mol. The molecular weight excluding hydrogens is 307 g/mol. The lowest BCUT2D eigenvalue weighted by Gasteiger charge is -2.08. The van der Waals surface area contributed by atoms with Gasteiger partial charge >= 0.3 is 0 Å². The fourth-order valence-electron chi connectivity index (χ4n) is 2.01. The smallest absolute Gasteiger partial charge is 0.206 e. The molecule has 3 rings (SSSR count). The van der Waals surface area contributed by atoms with E-state index in [0.717, 1.165) is 6.07 Å². The van der Waals surface area contributed by atoms with Gasteiger partial charge in [0.1, 0.15) is 5.52 Å². The van der Waals surface area contributed by atoms with E-state index in [0.29, 0.717) is 10.7 Å². The van der Waals surface area contributed by atoms with Crippen LogP contribution in [0.4, 0.5) is 14.7 Å². The van der Waals surface area contributed by atoms with Gasteiger partial charge in [0, 0.05) is 0 Å². The quantitative estimate of drug-likeness (QED) is 0.732. The molecule has 0 saturated carbocycles. The fourth-order valence-corrected chi connectivity index (χ4v) is 2.30. The zero-order valence-corrected chi connectivity index (χ0v) is 11.4. The van der Waals surface area contributed by atoms with E-state index in [-0.39, 0.29) is 22.0 Å². The van der Waals surface area contributed by atoms with Crippen molar-refractivity contribution in [2.45, 2.75) is 0 Å². The van der Waals surface area contributed by atoms with Crippen LogP contribution in [0.5, 0.6) is 0 Å². The maximum atomic E-state index is 14.0. The fraction of sp³-hybridized carbons (Fsp3) is 0. The molecule has 0 fully saturated rings. The van der Waals surface area contributed by atoms with Gasteiger partial charge in [-0.25, -0.2) is 13.8 Å². The van der Waals surface area contributed by atoms with E-state index in [9.17, 15) is 8.78 Å². The minimum atomic E-state index is -1.02. The number of benzene rings is 2. The van der Waals surface area contributed by atoms with Gasteiger partial charge in [0.15, 0.2) is 11.6 Å². The van der Waals surface area contributed by atoms with Crippen molar-refractivity contribution < 1.29 is 8.78 Å². The predicted octanol–water partition coefficient (Wildman–Crippen LogP) is 4.19. The minimum Gasteiger partial charge on any atom is -0.369 e. The summed E-state index contributed by atoms with van der Waals surface area (Å²) in [7, 11) is 0. The zero-order valence-electron chi connectivity index (χ0n) is 9.87. The van der Waals surface area contributed by atoms with Gasteiger partial charge in [0.2, 0.25) is 5.95 Å². The third-order valence-electron chi connectivity index (χ3n) is 2.90. The highest BCUT2D eigenvalue weighted by atomic mass is 35.5. The Morgan fingerprint density at radius 2 is 1.80 bits per heavy atom. The molecule has 0 aliphatic carbocycles. The van der Waals surface area contributed by atoms with Crippen molar-refractivity contribution in [2.24, 2.45) is 0 Å². The summed E-state index contributed by atoms with van der Waals surface area (Å²) in [4.78, 5) is 4.00. The molecule has 0 unspecified atom stereocenters. The van der Waals surface area contributed by atoms with E-state index < -0.39 is 11.6 Å². The number of anilines is 1. The first-order valence-electron chi connectivity index (χ1n) is 5.56. The molecule has 102 valence electrons. The van der Waals surface area contributed by atoms with E-state index >= 15 is 0 Å². The van der Waals surface area contributed by atoms with Crippen LogP contribution in [0, 0.1) is 11.6 Å². The van der Waals surface area contributed by atoms with Crippen LogP contribution in [0.25, 0.3) is 16.7 Å². The Balaban J connectivity index is 2.38. The number of nitrogens with zero attached hydrogens (tertiary/aromatic N) is 2. The monoisotopic (exact) mass is 313 g/mol. The van der Waals surface area contributed by atoms with Gasteiger partial charge in [0.25, 0.3) is 0 Å². The molecule has 3 aromatic rings. The van der Waals surface area contributed by atoms with Crippen molar-refractivity contribution in [3.05, 3.63) is 52.0 Å². The molecule has 0 atom stereocenters. The SMILES string of the molecule is Nc1nc2ccc(F)c(F)c2n1-c1ccc(Cl)c(Cl)c1. The Hall–Kier alpha value is -1.85. The number of fused-ring (bicyclic) bond motifs is 1. The molecule has 0 aliphatic heterocycles. The second kappa shape index (κ2) is 4.61. The Morgan fingerprint density at radius 1 is 1.05 bits per heavy atom. The van der Waals surface area contributed by atoms with Gasteiger partial charge < -0.3 is 5.73 Å². The first kappa shape index (κ1) is 13.1. The molecule has 3 nitrogen and oxygen atoms in total. The van der Waals surface area contributed by atoms with Crippen LogP contribution in [0.15, 0.2) is 30.3 Å². The van der Waals surface area contributed by atoms with Crippen molar-refractivity contribution in [2.75, 3.05) is 5.73 Å². The molecule has 2 N–H and O–H groups in total. The van der Waals surface area contributed by atoms with Crippen LogP contribution in [-0.4, -0.2) is 9.55 Å². The van der Waals surface area contributed by atoms with Crippen molar-refractivity contribution >= 4 is 40.2 Å². The van der Waals surface area contributed by atoms with Gasteiger partial charge in [0.05, 0.1) is 21.2 Å². The first-order valence-corrected chi connectivity index (χ1v) is 6.32. The molecule has 0 aliphatic rings. The Labute approximate surface area is 122 Å². The highest BCUT2D eigenvalue weighted by Gasteiger charge is 2.17. The summed E-state index contributed by atoms with van der Waals surface area (Å²) in [5, 5.41) is 0.632. The zero-order chi connectivity index (χ0) is 14.4. The number of halogens is 4. The second-order valence-electron chi connectivity index (χ2n) is 4.13. The highest BCUT2D eigenvalue weighted by molar-refractivity contribution is 6.42. The molecule has 0 amide bonds. The summed E-state index contributed by atoms with van der Waals surface area (Å²) < 4.78 is 28.7. The lowest BCUT2D eigenvalue weighted by atomic mass is 10.2. The van der Waals surface area contributed by atoms with Gasteiger partial charge in [-0.05, 0) is 30.3 Å². The van der Waals surface area contributed by atoms with Crippen molar-refractivity contribution in [3.8, 4) is 5.69 Å². The average Bonchev–Trinajstić information content (AvgIpc) is 2.74. The molecule has 1 heterocycles. The number of hydrogen-bond donors (Lipinski definition) is 1. The minimum absolute atomic E-state index is 0.0305. The van der Waals surface area contributed by atoms with Crippen LogP contribution in [0.2, 0.25) is 10.0 Å². The van der Waals surface area contributed by atoms with Crippen LogP contribution >= 0.6 is 23.2 Å². The standard InChI is InChI=1S/C13H7Cl2F2N3/c14-7-2-1-6(5-8(7)15)20-12-10(19-13(20)18)4-3-9(16)11(12)17/h1-5H,(H2,18,19). The predicted molar refractivity (Wildman–Crippen MR) is 75.4 cm³/mol. The third kappa shape index (κ3) is 1.90. The Morgan fingerprint density at radius 3 is 2.50 bits per heavy atom. The maximum absolute atomic E-state index is 14.0. The van der Waals surface area contributed by atoms with Crippen LogP contribution in [-0.2, 0) is 0 Å². The molecule has 20 heavy (non-hydrogen) atoms. The lowest BCUT2D eigenvalue weighted by molar-refractivity contribution is 0.514. The number of nitrogen functional groups attached to an aromatic ring is 1. The number of imidazole rings is 1. The van der Waals surface area contributed by atoms with Crippen LogP contribution < -0.4 is 5.73 Å². The Bertz CT molecular complexity index is 830. The van der Waals surface area contributed by atoms with E-state index in [2.05, 4.69) is 4.98 Å². The topological polar surface area (TPSA) is 43.8 Å². The van der Waals surface area contributed by atoms with E-state index in [4.69, 9.17) is 28.9 Å². The maximum Gasteiger partial charge on any atom is 0.206 e. The second-order valence-corrected chi connectivity index (χ2v) is 4.95. The van der Waals surface area contributed by atoms with Crippen LogP contribution in [0.3, 0.4) is 0 Å². The molecule has 0 radical (unpaired) electrons. The molecule has 0 spiro atoms. The van der Waals surface area contributed by atoms with Crippen molar-refractivity contribution in [1.29, 1.82) is 0 Å². The third-order valence-corrected chi connectivity index (χ3v) is 3.64. The number of aromatic nitrogens is 2. The highest BCUT2D eigenvalue weighted by Crippen LogP contribution is 2.30. The largest absolute Gasteiger partial charge is 0.369 e. The van der Waals surface area contributed by atoms with Crippen molar-refractivity contribution in [3.63, 3.8) is 0 Å². The Kier molecular flexibility index (Phi) is 3.03. The van der Waals surface area contributed by atoms with E-state index in [1.165, 1.54) is 16.7 Å². The summed E-state index contributed by atoms with van der Waals surface area (Å²) in [6.07, 6.45) is 0. The van der Waals surface area contributed by atoms with Crippen molar-refractivity contribution in [1.82, 2.24) is 9.55 Å². The summed E-state index contributed by atoms with van der Waals surface area (Å²) in [5.41, 5.74) is 6.44. The summed E-state index contributed by atoms with van der Waals surface area (Å²) in [6, 6.07) is 7.00. The molecule has 0 saturated heterocycles. The number of nitrogens with two attached hydrogens (primary N) is 1. The number of hydrogen-bond acceptors (Lipinski definition) is 2. The molecule has 2 aromatic carbocycles. The summed E-state index contributed by atoms with van der Waals surface area (Å²) in [5.74, 6) is -1.96. The molecule has 7 heteroatoms.